The molecule has 2 aromatic carbocycles. The average molecular weight is 520 g/mol. The Labute approximate surface area is 200 Å². The van der Waals surface area contributed by atoms with Crippen molar-refractivity contribution in [1.29, 1.82) is 0 Å². The number of rotatable bonds is 7. The van der Waals surface area contributed by atoms with E-state index < -0.39 is 28.7 Å². The van der Waals surface area contributed by atoms with Gasteiger partial charge < -0.3 is 9.47 Å². The lowest BCUT2D eigenvalue weighted by Crippen LogP contribution is -2.41. The van der Waals surface area contributed by atoms with Gasteiger partial charge in [-0.05, 0) is 61.2 Å². The Kier molecular flexibility index (Phi) is 5.97. The number of carbonyl (C=O) groups excluding carboxylic acids is 3. The van der Waals surface area contributed by atoms with Crippen molar-refractivity contribution in [3.8, 4) is 5.75 Å². The number of Topliss-reactive ketones (excluding diaryl/α,β-unsaturated/α-hetero) is 1. The monoisotopic (exact) mass is 518 g/mol. The number of benzene rings is 2. The second-order valence-electron chi connectivity index (χ2n) is 8.79. The highest BCUT2D eigenvalue weighted by Crippen LogP contribution is 2.80. The molecule has 1 fully saturated rings. The van der Waals surface area contributed by atoms with E-state index in [1.165, 1.54) is 0 Å². The Bertz CT molecular complexity index is 1100. The molecule has 0 bridgehead atoms. The van der Waals surface area contributed by atoms with Gasteiger partial charge in [0.1, 0.15) is 5.75 Å². The summed E-state index contributed by atoms with van der Waals surface area (Å²) in [5.41, 5.74) is -1.95. The third kappa shape index (κ3) is 3.22. The number of ketones is 1. The van der Waals surface area contributed by atoms with Crippen molar-refractivity contribution < 1.29 is 23.9 Å². The van der Waals surface area contributed by atoms with Crippen LogP contribution in [0.25, 0.3) is 0 Å². The van der Waals surface area contributed by atoms with E-state index >= 15 is 0 Å². The zero-order chi connectivity index (χ0) is 23.3. The minimum absolute atomic E-state index is 0.179. The molecule has 2 aliphatic rings. The Balaban J connectivity index is 1.85. The topological polar surface area (TPSA) is 69.7 Å². The van der Waals surface area contributed by atoms with E-state index in [2.05, 4.69) is 15.9 Å². The minimum Gasteiger partial charge on any atom is -0.465 e. The van der Waals surface area contributed by atoms with Crippen LogP contribution in [0.3, 0.4) is 0 Å². The van der Waals surface area contributed by atoms with Crippen LogP contribution in [0.15, 0.2) is 46.9 Å². The number of halogens is 2. The van der Waals surface area contributed by atoms with Gasteiger partial charge in [-0.25, -0.2) is 0 Å². The Morgan fingerprint density at radius 1 is 1.19 bits per heavy atom. The molecule has 3 unspecified atom stereocenters. The van der Waals surface area contributed by atoms with Crippen LogP contribution in [0.2, 0.25) is 5.02 Å². The summed E-state index contributed by atoms with van der Waals surface area (Å²) in [6, 6.07) is 11.7. The van der Waals surface area contributed by atoms with Gasteiger partial charge in [-0.3, -0.25) is 14.4 Å². The highest BCUT2D eigenvalue weighted by Gasteiger charge is 2.90. The molecule has 2 aromatic rings. The van der Waals surface area contributed by atoms with Crippen LogP contribution in [-0.2, 0) is 14.3 Å². The molecule has 32 heavy (non-hydrogen) atoms. The predicted octanol–water partition coefficient (Wildman–Crippen LogP) is 5.97. The molecular formula is C25H24BrClO5. The van der Waals surface area contributed by atoms with Gasteiger partial charge in [-0.2, -0.15) is 0 Å². The molecule has 0 amide bonds. The predicted molar refractivity (Wildman–Crippen MR) is 124 cm³/mol. The van der Waals surface area contributed by atoms with Crippen molar-refractivity contribution in [1.82, 2.24) is 0 Å². The van der Waals surface area contributed by atoms with E-state index in [1.54, 1.807) is 36.4 Å². The highest BCUT2D eigenvalue weighted by atomic mass is 79.9. The van der Waals surface area contributed by atoms with Crippen molar-refractivity contribution >= 4 is 45.3 Å². The summed E-state index contributed by atoms with van der Waals surface area (Å²) in [5.74, 6) is -1.67. The zero-order valence-electron chi connectivity index (χ0n) is 18.1. The lowest BCUT2D eigenvalue weighted by Gasteiger charge is -2.23. The second-order valence-corrected chi connectivity index (χ2v) is 10.1. The quantitative estimate of drug-likeness (QED) is 0.195. The molecule has 1 heterocycles. The van der Waals surface area contributed by atoms with Crippen molar-refractivity contribution in [3.05, 3.63) is 63.1 Å². The molecule has 1 aliphatic carbocycles. The van der Waals surface area contributed by atoms with Crippen molar-refractivity contribution in [2.24, 2.45) is 16.7 Å². The molecule has 3 atom stereocenters. The fourth-order valence-corrected chi connectivity index (χ4v) is 5.55. The Morgan fingerprint density at radius 2 is 1.88 bits per heavy atom. The molecule has 0 aromatic heterocycles. The summed E-state index contributed by atoms with van der Waals surface area (Å²) in [6.45, 7) is 6.04. The summed E-state index contributed by atoms with van der Waals surface area (Å²) >= 11 is 9.46. The molecule has 4 rings (SSSR count). The maximum Gasteiger partial charge on any atom is 0.330 e. The maximum atomic E-state index is 13.9. The Morgan fingerprint density at radius 3 is 2.50 bits per heavy atom. The zero-order valence-corrected chi connectivity index (χ0v) is 20.5. The van der Waals surface area contributed by atoms with Gasteiger partial charge in [0.15, 0.2) is 11.2 Å². The van der Waals surface area contributed by atoms with E-state index in [0.29, 0.717) is 34.2 Å². The smallest absolute Gasteiger partial charge is 0.330 e. The molecule has 0 spiro atoms. The van der Waals surface area contributed by atoms with E-state index in [-0.39, 0.29) is 18.8 Å². The van der Waals surface area contributed by atoms with E-state index in [9.17, 15) is 14.4 Å². The molecule has 0 radical (unpaired) electrons. The summed E-state index contributed by atoms with van der Waals surface area (Å²) in [5, 5.41) is 0.497. The fourth-order valence-electron chi connectivity index (χ4n) is 5.05. The van der Waals surface area contributed by atoms with Crippen LogP contribution in [0.1, 0.15) is 55.5 Å². The number of ether oxygens (including phenoxy) is 2. The first-order chi connectivity index (χ1) is 15.2. The second kappa shape index (κ2) is 8.31. The highest BCUT2D eigenvalue weighted by molar-refractivity contribution is 9.10. The van der Waals surface area contributed by atoms with E-state index in [4.69, 9.17) is 21.1 Å². The molecule has 0 N–H and O–H groups in total. The molecule has 5 nitrogen and oxygen atoms in total. The van der Waals surface area contributed by atoms with Gasteiger partial charge in [0, 0.05) is 26.5 Å². The lowest BCUT2D eigenvalue weighted by atomic mass is 9.83. The van der Waals surface area contributed by atoms with Gasteiger partial charge in [0.05, 0.1) is 12.0 Å². The van der Waals surface area contributed by atoms with Crippen LogP contribution in [0.5, 0.6) is 5.75 Å². The Hall–Kier alpha value is -2.18. The minimum atomic E-state index is -1.71. The van der Waals surface area contributed by atoms with Crippen molar-refractivity contribution in [2.75, 3.05) is 6.61 Å². The number of fused-ring (bicyclic) bond motifs is 3. The van der Waals surface area contributed by atoms with Crippen LogP contribution >= 0.6 is 27.5 Å². The van der Waals surface area contributed by atoms with E-state index in [1.807, 2.05) is 26.8 Å². The SMILES string of the molecule is CCC1(C(=O)c2ccc(Cl)cc2)C2c3cc(Br)ccc3OC(=O)C21C(=O)OCCC(C)C. The van der Waals surface area contributed by atoms with Gasteiger partial charge in [-0.1, -0.05) is 48.3 Å². The van der Waals surface area contributed by atoms with Gasteiger partial charge >= 0.3 is 11.9 Å². The van der Waals surface area contributed by atoms with Gasteiger partial charge in [0.25, 0.3) is 0 Å². The van der Waals surface area contributed by atoms with Crippen LogP contribution in [0, 0.1) is 16.7 Å². The third-order valence-electron chi connectivity index (χ3n) is 6.67. The normalized spacial score (nSPS) is 25.6. The molecular weight excluding hydrogens is 496 g/mol. The maximum absolute atomic E-state index is 13.9. The summed E-state index contributed by atoms with van der Waals surface area (Å²) < 4.78 is 12.0. The molecule has 1 aliphatic heterocycles. The molecule has 1 saturated carbocycles. The first-order valence-corrected chi connectivity index (χ1v) is 11.9. The lowest BCUT2D eigenvalue weighted by molar-refractivity contribution is -0.162. The number of esters is 2. The number of hydrogen-bond acceptors (Lipinski definition) is 5. The fraction of sp³-hybridized carbons (Fsp3) is 0.400. The largest absolute Gasteiger partial charge is 0.465 e. The number of carbonyl (C=O) groups is 3. The van der Waals surface area contributed by atoms with Crippen LogP contribution < -0.4 is 4.74 Å². The first-order valence-electron chi connectivity index (χ1n) is 10.7. The molecule has 7 heteroatoms. The molecule has 168 valence electrons. The average Bonchev–Trinajstić information content (AvgIpc) is 3.41. The summed E-state index contributed by atoms with van der Waals surface area (Å²) in [4.78, 5) is 40.8. The van der Waals surface area contributed by atoms with Crippen molar-refractivity contribution in [3.63, 3.8) is 0 Å². The molecule has 0 saturated heterocycles. The number of hydrogen-bond donors (Lipinski definition) is 0. The summed E-state index contributed by atoms with van der Waals surface area (Å²) in [7, 11) is 0. The van der Waals surface area contributed by atoms with Crippen LogP contribution in [-0.4, -0.2) is 24.3 Å². The van der Waals surface area contributed by atoms with Gasteiger partial charge in [-0.15, -0.1) is 0 Å². The summed E-state index contributed by atoms with van der Waals surface area (Å²) in [6.07, 6.45) is 0.938. The third-order valence-corrected chi connectivity index (χ3v) is 7.42. The van der Waals surface area contributed by atoms with Gasteiger partial charge in [0.2, 0.25) is 0 Å². The first kappa shape index (κ1) is 23.0. The van der Waals surface area contributed by atoms with Crippen molar-refractivity contribution in [2.45, 2.75) is 39.5 Å². The standard InChI is InChI=1S/C25H24BrClO5/c1-4-24(21(28)15-5-8-17(27)9-6-15)20-18-13-16(26)7-10-19(18)32-23(30)25(20,24)22(29)31-12-11-14(2)3/h5-10,13-14,20H,4,11-12H2,1-3H3. The van der Waals surface area contributed by atoms with E-state index in [0.717, 1.165) is 4.47 Å². The van der Waals surface area contributed by atoms with Crippen LogP contribution in [0.4, 0.5) is 0 Å².